The Balaban J connectivity index is 1.39. The highest BCUT2D eigenvalue weighted by atomic mass is 16.2. The first-order chi connectivity index (χ1) is 12.2. The molecule has 25 heavy (non-hydrogen) atoms. The van der Waals surface area contributed by atoms with Crippen molar-refractivity contribution in [2.24, 2.45) is 0 Å². The molecule has 3 rings (SSSR count). The third-order valence-electron chi connectivity index (χ3n) is 4.83. The fraction of sp³-hybridized carbons (Fsp3) is 0.381. The van der Waals surface area contributed by atoms with Crippen molar-refractivity contribution in [3.63, 3.8) is 0 Å². The number of nitrogens with one attached hydrogen (secondary N) is 1. The quantitative estimate of drug-likeness (QED) is 0.879. The molecule has 0 atom stereocenters. The lowest BCUT2D eigenvalue weighted by Gasteiger charge is -2.34. The van der Waals surface area contributed by atoms with Crippen molar-refractivity contribution < 1.29 is 4.79 Å². The molecule has 0 aliphatic carbocycles. The number of nitrogens with zero attached hydrogens (tertiary/aromatic N) is 2. The molecule has 0 bridgehead atoms. The van der Waals surface area contributed by atoms with Crippen LogP contribution < -0.4 is 5.32 Å². The molecule has 2 aromatic rings. The molecule has 132 valence electrons. The minimum absolute atomic E-state index is 0.202. The zero-order valence-electron chi connectivity index (χ0n) is 14.9. The second kappa shape index (κ2) is 8.79. The molecule has 1 fully saturated rings. The van der Waals surface area contributed by atoms with E-state index in [-0.39, 0.29) is 5.91 Å². The van der Waals surface area contributed by atoms with Crippen LogP contribution in [0.5, 0.6) is 0 Å². The van der Waals surface area contributed by atoms with Crippen LogP contribution in [0.2, 0.25) is 0 Å². The number of benzene rings is 2. The minimum atomic E-state index is 0.202. The number of hydrogen-bond donors (Lipinski definition) is 1. The van der Waals surface area contributed by atoms with E-state index in [0.29, 0.717) is 6.54 Å². The fourth-order valence-electron chi connectivity index (χ4n) is 3.22. The van der Waals surface area contributed by atoms with E-state index in [2.05, 4.69) is 53.5 Å². The lowest BCUT2D eigenvalue weighted by Crippen LogP contribution is -2.50. The Kier molecular flexibility index (Phi) is 6.20. The molecule has 0 saturated carbocycles. The zero-order chi connectivity index (χ0) is 17.5. The van der Waals surface area contributed by atoms with Crippen molar-refractivity contribution in [3.8, 4) is 0 Å². The molecular formula is C21H27N3O. The van der Waals surface area contributed by atoms with Gasteiger partial charge in [-0.25, -0.2) is 0 Å². The number of carbonyl (C=O) groups is 1. The third-order valence-corrected chi connectivity index (χ3v) is 4.83. The van der Waals surface area contributed by atoms with Crippen molar-refractivity contribution in [1.82, 2.24) is 15.1 Å². The van der Waals surface area contributed by atoms with Crippen molar-refractivity contribution in [2.75, 3.05) is 32.7 Å². The summed E-state index contributed by atoms with van der Waals surface area (Å²) in [7, 11) is 0. The van der Waals surface area contributed by atoms with E-state index in [1.54, 1.807) is 0 Å². The number of amides is 1. The van der Waals surface area contributed by atoms with E-state index in [4.69, 9.17) is 0 Å². The van der Waals surface area contributed by atoms with Crippen LogP contribution in [0.15, 0.2) is 54.6 Å². The average Bonchev–Trinajstić information content (AvgIpc) is 2.65. The molecular weight excluding hydrogens is 310 g/mol. The summed E-state index contributed by atoms with van der Waals surface area (Å²) in [5.41, 5.74) is 3.85. The van der Waals surface area contributed by atoms with Gasteiger partial charge in [0.2, 0.25) is 5.91 Å². The summed E-state index contributed by atoms with van der Waals surface area (Å²) in [5, 5.41) is 3.29. The number of hydrogen-bond acceptors (Lipinski definition) is 3. The van der Waals surface area contributed by atoms with Crippen LogP contribution >= 0.6 is 0 Å². The van der Waals surface area contributed by atoms with Crippen LogP contribution in [0.1, 0.15) is 16.7 Å². The van der Waals surface area contributed by atoms with Gasteiger partial charge in [0, 0.05) is 39.3 Å². The Morgan fingerprint density at radius 1 is 0.960 bits per heavy atom. The van der Waals surface area contributed by atoms with E-state index in [1.165, 1.54) is 16.7 Å². The summed E-state index contributed by atoms with van der Waals surface area (Å²) in [6.45, 7) is 7.74. The van der Waals surface area contributed by atoms with Crippen LogP contribution in [0.3, 0.4) is 0 Å². The first-order valence-electron chi connectivity index (χ1n) is 9.01. The zero-order valence-corrected chi connectivity index (χ0v) is 14.9. The van der Waals surface area contributed by atoms with Gasteiger partial charge >= 0.3 is 0 Å². The molecule has 1 aliphatic rings. The van der Waals surface area contributed by atoms with E-state index < -0.39 is 0 Å². The molecule has 1 aliphatic heterocycles. The highest BCUT2D eigenvalue weighted by molar-refractivity contribution is 5.78. The van der Waals surface area contributed by atoms with Crippen LogP contribution in [0.25, 0.3) is 0 Å². The summed E-state index contributed by atoms with van der Waals surface area (Å²) < 4.78 is 0. The van der Waals surface area contributed by atoms with Crippen molar-refractivity contribution in [2.45, 2.75) is 20.0 Å². The van der Waals surface area contributed by atoms with Gasteiger partial charge in [0.1, 0.15) is 0 Å². The van der Waals surface area contributed by atoms with Gasteiger partial charge in [-0.05, 0) is 23.6 Å². The maximum atomic E-state index is 12.4. The monoisotopic (exact) mass is 337 g/mol. The van der Waals surface area contributed by atoms with E-state index in [0.717, 1.165) is 39.3 Å². The minimum Gasteiger partial charge on any atom is -0.339 e. The lowest BCUT2D eigenvalue weighted by molar-refractivity contribution is -0.132. The van der Waals surface area contributed by atoms with Gasteiger partial charge in [0.15, 0.2) is 0 Å². The average molecular weight is 337 g/mol. The summed E-state index contributed by atoms with van der Waals surface area (Å²) in [6.07, 6.45) is 0. The Hall–Kier alpha value is -2.17. The van der Waals surface area contributed by atoms with Crippen LogP contribution in [0, 0.1) is 6.92 Å². The van der Waals surface area contributed by atoms with Gasteiger partial charge in [-0.1, -0.05) is 54.6 Å². The summed E-state index contributed by atoms with van der Waals surface area (Å²) in [6, 6.07) is 18.8. The molecule has 0 unspecified atom stereocenters. The molecule has 1 saturated heterocycles. The molecule has 4 nitrogen and oxygen atoms in total. The van der Waals surface area contributed by atoms with Gasteiger partial charge in [-0.15, -0.1) is 0 Å². The molecule has 0 spiro atoms. The Bertz CT molecular complexity index is 679. The van der Waals surface area contributed by atoms with Crippen LogP contribution in [-0.2, 0) is 17.9 Å². The van der Waals surface area contributed by atoms with Crippen LogP contribution in [-0.4, -0.2) is 48.4 Å². The topological polar surface area (TPSA) is 35.6 Å². The molecule has 0 aromatic heterocycles. The normalized spacial score (nSPS) is 15.3. The number of aryl methyl sites for hydroxylation is 1. The summed E-state index contributed by atoms with van der Waals surface area (Å²) in [4.78, 5) is 16.8. The maximum absolute atomic E-state index is 12.4. The molecule has 1 N–H and O–H groups in total. The molecule has 1 amide bonds. The van der Waals surface area contributed by atoms with Gasteiger partial charge < -0.3 is 10.2 Å². The number of piperazine rings is 1. The van der Waals surface area contributed by atoms with Crippen molar-refractivity contribution in [3.05, 3.63) is 71.3 Å². The van der Waals surface area contributed by atoms with Gasteiger partial charge in [-0.2, -0.15) is 0 Å². The lowest BCUT2D eigenvalue weighted by atomic mass is 10.1. The van der Waals surface area contributed by atoms with E-state index in [9.17, 15) is 4.79 Å². The molecule has 2 aromatic carbocycles. The first-order valence-corrected chi connectivity index (χ1v) is 9.01. The standard InChI is InChI=1S/C21H27N3O/c1-18-7-5-6-10-20(18)15-22-16-21(25)24-13-11-23(12-14-24)17-19-8-3-2-4-9-19/h2-10,22H,11-17H2,1H3. The SMILES string of the molecule is Cc1ccccc1CNCC(=O)N1CCN(Cc2ccccc2)CC1. The molecule has 1 heterocycles. The van der Waals surface area contributed by atoms with Crippen molar-refractivity contribution in [1.29, 1.82) is 0 Å². The van der Waals surface area contributed by atoms with Crippen LogP contribution in [0.4, 0.5) is 0 Å². The highest BCUT2D eigenvalue weighted by Crippen LogP contribution is 2.09. The summed E-state index contributed by atoms with van der Waals surface area (Å²) in [5.74, 6) is 0.202. The maximum Gasteiger partial charge on any atom is 0.236 e. The Morgan fingerprint density at radius 2 is 1.64 bits per heavy atom. The molecule has 4 heteroatoms. The predicted molar refractivity (Wildman–Crippen MR) is 101 cm³/mol. The van der Waals surface area contributed by atoms with E-state index >= 15 is 0 Å². The summed E-state index contributed by atoms with van der Waals surface area (Å²) >= 11 is 0. The Morgan fingerprint density at radius 3 is 2.36 bits per heavy atom. The van der Waals surface area contributed by atoms with Gasteiger partial charge in [-0.3, -0.25) is 9.69 Å². The Labute approximate surface area is 150 Å². The highest BCUT2D eigenvalue weighted by Gasteiger charge is 2.20. The fourth-order valence-corrected chi connectivity index (χ4v) is 3.22. The van der Waals surface area contributed by atoms with Gasteiger partial charge in [0.05, 0.1) is 6.54 Å². The van der Waals surface area contributed by atoms with Gasteiger partial charge in [0.25, 0.3) is 0 Å². The molecule has 0 radical (unpaired) electrons. The third kappa shape index (κ3) is 5.15. The number of rotatable bonds is 6. The first kappa shape index (κ1) is 17.6. The number of carbonyl (C=O) groups excluding carboxylic acids is 1. The second-order valence-corrected chi connectivity index (χ2v) is 6.67. The largest absolute Gasteiger partial charge is 0.339 e. The van der Waals surface area contributed by atoms with Crippen molar-refractivity contribution >= 4 is 5.91 Å². The predicted octanol–water partition coefficient (Wildman–Crippen LogP) is 2.43. The smallest absolute Gasteiger partial charge is 0.236 e. The van der Waals surface area contributed by atoms with E-state index in [1.807, 2.05) is 23.1 Å². The second-order valence-electron chi connectivity index (χ2n) is 6.67.